The van der Waals surface area contributed by atoms with Crippen molar-refractivity contribution < 1.29 is 0 Å². The van der Waals surface area contributed by atoms with Gasteiger partial charge in [-0.15, -0.1) is 0 Å². The van der Waals surface area contributed by atoms with Gasteiger partial charge in [0.1, 0.15) is 5.84 Å². The van der Waals surface area contributed by atoms with Crippen LogP contribution in [0.15, 0.2) is 9.98 Å². The predicted molar refractivity (Wildman–Crippen MR) is 40.2 cm³/mol. The third-order valence-electron chi connectivity index (χ3n) is 1.21. The topological polar surface area (TPSA) is 24.7 Å². The fourth-order valence-corrected chi connectivity index (χ4v) is 0.726. The molecule has 0 amide bonds. The van der Waals surface area contributed by atoms with E-state index in [0.29, 0.717) is 0 Å². The first-order valence-corrected chi connectivity index (χ1v) is 3.18. The summed E-state index contributed by atoms with van der Waals surface area (Å²) in [6.07, 6.45) is 1.85. The second kappa shape index (κ2) is 1.94. The fourth-order valence-electron chi connectivity index (χ4n) is 0.726. The Morgan fingerprint density at radius 2 is 2.11 bits per heavy atom. The van der Waals surface area contributed by atoms with E-state index in [1.54, 1.807) is 0 Å². The van der Waals surface area contributed by atoms with Crippen molar-refractivity contribution in [2.45, 2.75) is 20.8 Å². The Balaban J connectivity index is 2.73. The Morgan fingerprint density at radius 1 is 1.44 bits per heavy atom. The quantitative estimate of drug-likeness (QED) is 0.467. The van der Waals surface area contributed by atoms with Crippen LogP contribution in [0.1, 0.15) is 20.8 Å². The van der Waals surface area contributed by atoms with Gasteiger partial charge in [-0.1, -0.05) is 20.8 Å². The Hall–Kier alpha value is -0.660. The van der Waals surface area contributed by atoms with Crippen LogP contribution in [0.3, 0.4) is 0 Å². The molecule has 0 radical (unpaired) electrons. The van der Waals surface area contributed by atoms with Crippen molar-refractivity contribution in [3.8, 4) is 0 Å². The molecule has 1 heterocycles. The minimum atomic E-state index is 0.132. The third-order valence-corrected chi connectivity index (χ3v) is 1.21. The molecule has 0 saturated heterocycles. The SMILES string of the molecule is CC(C)(C)C1=NCC=N1. The zero-order valence-electron chi connectivity index (χ0n) is 6.18. The van der Waals surface area contributed by atoms with E-state index in [0.717, 1.165) is 12.4 Å². The van der Waals surface area contributed by atoms with Crippen LogP contribution < -0.4 is 0 Å². The van der Waals surface area contributed by atoms with E-state index in [9.17, 15) is 0 Å². The lowest BCUT2D eigenvalue weighted by Gasteiger charge is -2.14. The van der Waals surface area contributed by atoms with Gasteiger partial charge in [0, 0.05) is 11.6 Å². The molecule has 9 heavy (non-hydrogen) atoms. The highest BCUT2D eigenvalue weighted by Gasteiger charge is 2.18. The molecular formula is C7H12N2. The molecule has 2 nitrogen and oxygen atoms in total. The summed E-state index contributed by atoms with van der Waals surface area (Å²) in [7, 11) is 0. The first-order chi connectivity index (χ1) is 4.11. The van der Waals surface area contributed by atoms with Crippen LogP contribution in [-0.4, -0.2) is 18.6 Å². The summed E-state index contributed by atoms with van der Waals surface area (Å²) in [5.41, 5.74) is 0.132. The maximum atomic E-state index is 4.20. The van der Waals surface area contributed by atoms with E-state index < -0.39 is 0 Å². The number of hydrogen-bond donors (Lipinski definition) is 0. The summed E-state index contributed by atoms with van der Waals surface area (Å²) < 4.78 is 0. The van der Waals surface area contributed by atoms with Gasteiger partial charge in [0.25, 0.3) is 0 Å². The summed E-state index contributed by atoms with van der Waals surface area (Å²) in [6, 6.07) is 0. The largest absolute Gasteiger partial charge is 0.264 e. The van der Waals surface area contributed by atoms with Crippen molar-refractivity contribution >= 4 is 12.1 Å². The van der Waals surface area contributed by atoms with Crippen LogP contribution in [0.25, 0.3) is 0 Å². The van der Waals surface area contributed by atoms with Gasteiger partial charge >= 0.3 is 0 Å². The molecule has 0 aliphatic carbocycles. The fraction of sp³-hybridized carbons (Fsp3) is 0.714. The number of aliphatic imine (C=N–C) groups is 2. The van der Waals surface area contributed by atoms with E-state index in [1.807, 2.05) is 6.21 Å². The van der Waals surface area contributed by atoms with E-state index in [4.69, 9.17) is 0 Å². The maximum absolute atomic E-state index is 4.20. The van der Waals surface area contributed by atoms with E-state index in [2.05, 4.69) is 30.8 Å². The molecule has 1 aliphatic heterocycles. The molecule has 1 rings (SSSR count). The first kappa shape index (κ1) is 6.46. The molecule has 0 aromatic rings. The third kappa shape index (κ3) is 1.37. The van der Waals surface area contributed by atoms with Crippen molar-refractivity contribution in [3.63, 3.8) is 0 Å². The number of hydrogen-bond acceptors (Lipinski definition) is 2. The van der Waals surface area contributed by atoms with Crippen molar-refractivity contribution in [1.82, 2.24) is 0 Å². The Labute approximate surface area is 55.7 Å². The summed E-state index contributed by atoms with van der Waals surface area (Å²) in [5, 5.41) is 0. The highest BCUT2D eigenvalue weighted by atomic mass is 15.0. The summed E-state index contributed by atoms with van der Waals surface area (Å²) in [4.78, 5) is 8.33. The highest BCUT2D eigenvalue weighted by Crippen LogP contribution is 2.18. The second-order valence-corrected chi connectivity index (χ2v) is 3.23. The summed E-state index contributed by atoms with van der Waals surface area (Å²) in [5.74, 6) is 0.975. The highest BCUT2D eigenvalue weighted by molar-refractivity contribution is 5.97. The lowest BCUT2D eigenvalue weighted by Crippen LogP contribution is -2.16. The summed E-state index contributed by atoms with van der Waals surface area (Å²) in [6.45, 7) is 7.13. The van der Waals surface area contributed by atoms with E-state index >= 15 is 0 Å². The minimum Gasteiger partial charge on any atom is -0.264 e. The van der Waals surface area contributed by atoms with Crippen LogP contribution >= 0.6 is 0 Å². The van der Waals surface area contributed by atoms with Gasteiger partial charge in [-0.05, 0) is 0 Å². The first-order valence-electron chi connectivity index (χ1n) is 3.18. The van der Waals surface area contributed by atoms with Crippen LogP contribution in [0.4, 0.5) is 0 Å². The number of amidine groups is 1. The molecule has 50 valence electrons. The standard InChI is InChI=1S/C7H12N2/c1-7(2,3)6-8-4-5-9-6/h4H,5H2,1-3H3. The minimum absolute atomic E-state index is 0.132. The lowest BCUT2D eigenvalue weighted by molar-refractivity contribution is 0.586. The molecule has 0 bridgehead atoms. The zero-order chi connectivity index (χ0) is 6.91. The second-order valence-electron chi connectivity index (χ2n) is 3.23. The van der Waals surface area contributed by atoms with Crippen molar-refractivity contribution in [1.29, 1.82) is 0 Å². The number of rotatable bonds is 0. The van der Waals surface area contributed by atoms with E-state index in [1.165, 1.54) is 0 Å². The van der Waals surface area contributed by atoms with Gasteiger partial charge in [0.15, 0.2) is 0 Å². The van der Waals surface area contributed by atoms with Gasteiger partial charge in [-0.3, -0.25) is 4.99 Å². The van der Waals surface area contributed by atoms with Gasteiger partial charge in [0.2, 0.25) is 0 Å². The molecule has 0 fully saturated rings. The van der Waals surface area contributed by atoms with Gasteiger partial charge in [0.05, 0.1) is 6.54 Å². The van der Waals surface area contributed by atoms with Crippen molar-refractivity contribution in [2.75, 3.05) is 6.54 Å². The molecule has 0 spiro atoms. The average Bonchev–Trinajstić information content (AvgIpc) is 2.08. The van der Waals surface area contributed by atoms with Gasteiger partial charge in [-0.2, -0.15) is 0 Å². The average molecular weight is 124 g/mol. The number of nitrogens with zero attached hydrogens (tertiary/aromatic N) is 2. The molecule has 2 heteroatoms. The zero-order valence-corrected chi connectivity index (χ0v) is 6.18. The smallest absolute Gasteiger partial charge is 0.128 e. The normalized spacial score (nSPS) is 18.3. The summed E-state index contributed by atoms with van der Waals surface area (Å²) >= 11 is 0. The van der Waals surface area contributed by atoms with Crippen LogP contribution in [0, 0.1) is 5.41 Å². The lowest BCUT2D eigenvalue weighted by atomic mass is 9.95. The Bertz CT molecular complexity index is 160. The van der Waals surface area contributed by atoms with Crippen LogP contribution in [0.2, 0.25) is 0 Å². The Morgan fingerprint density at radius 3 is 2.33 bits per heavy atom. The molecule has 0 aromatic carbocycles. The molecule has 1 aliphatic rings. The van der Waals surface area contributed by atoms with Crippen molar-refractivity contribution in [2.24, 2.45) is 15.4 Å². The monoisotopic (exact) mass is 124 g/mol. The molecule has 0 unspecified atom stereocenters. The Kier molecular flexibility index (Phi) is 1.39. The molecule has 0 atom stereocenters. The molecule has 0 aromatic heterocycles. The maximum Gasteiger partial charge on any atom is 0.128 e. The molecule has 0 saturated carbocycles. The van der Waals surface area contributed by atoms with Gasteiger partial charge in [-0.25, -0.2) is 4.99 Å². The molecular weight excluding hydrogens is 112 g/mol. The van der Waals surface area contributed by atoms with E-state index in [-0.39, 0.29) is 5.41 Å². The molecule has 0 N–H and O–H groups in total. The van der Waals surface area contributed by atoms with Gasteiger partial charge < -0.3 is 0 Å². The van der Waals surface area contributed by atoms with Crippen LogP contribution in [-0.2, 0) is 0 Å². The van der Waals surface area contributed by atoms with Crippen LogP contribution in [0.5, 0.6) is 0 Å². The predicted octanol–water partition coefficient (Wildman–Crippen LogP) is 1.52. The van der Waals surface area contributed by atoms with Crippen molar-refractivity contribution in [3.05, 3.63) is 0 Å².